The molecule has 1 aromatic heterocycles. The summed E-state index contributed by atoms with van der Waals surface area (Å²) in [5.41, 5.74) is 0.477. The van der Waals surface area contributed by atoms with Crippen molar-refractivity contribution in [3.63, 3.8) is 0 Å². The second kappa shape index (κ2) is 9.65. The Morgan fingerprint density at radius 3 is 2.50 bits per heavy atom. The molecule has 11 heteroatoms. The fourth-order valence-corrected chi connectivity index (χ4v) is 6.33. The topological polar surface area (TPSA) is 86.8 Å². The van der Waals surface area contributed by atoms with Crippen LogP contribution in [0.1, 0.15) is 17.7 Å². The van der Waals surface area contributed by atoms with E-state index in [9.17, 15) is 18.0 Å². The Morgan fingerprint density at radius 2 is 1.83 bits per heavy atom. The summed E-state index contributed by atoms with van der Waals surface area (Å²) in [4.78, 5) is 26.6. The summed E-state index contributed by atoms with van der Waals surface area (Å²) in [5, 5.41) is 3.35. The third-order valence-corrected chi connectivity index (χ3v) is 8.82. The lowest BCUT2D eigenvalue weighted by atomic mass is 10.3. The molecule has 7 nitrogen and oxygen atoms in total. The van der Waals surface area contributed by atoms with Crippen molar-refractivity contribution in [2.45, 2.75) is 23.5 Å². The smallest absolute Gasteiger partial charge is 0.252 e. The molecular weight excluding hydrogens is 469 g/mol. The minimum atomic E-state index is -3.49. The van der Waals surface area contributed by atoms with Gasteiger partial charge in [0.25, 0.3) is 10.0 Å². The predicted octanol–water partition coefficient (Wildman–Crippen LogP) is 3.48. The highest BCUT2D eigenvalue weighted by Crippen LogP contribution is 2.28. The molecule has 0 atom stereocenters. The van der Waals surface area contributed by atoms with E-state index in [1.807, 2.05) is 0 Å². The van der Waals surface area contributed by atoms with E-state index in [1.165, 1.54) is 28.4 Å². The van der Waals surface area contributed by atoms with Crippen LogP contribution in [0.5, 0.6) is 0 Å². The molecule has 0 saturated carbocycles. The maximum absolute atomic E-state index is 12.6. The summed E-state index contributed by atoms with van der Waals surface area (Å²) in [6, 6.07) is 7.89. The molecule has 1 aliphatic rings. The van der Waals surface area contributed by atoms with Crippen LogP contribution in [0.2, 0.25) is 10.0 Å². The molecule has 3 rings (SSSR count). The number of halogens is 2. The van der Waals surface area contributed by atoms with E-state index in [1.54, 1.807) is 18.2 Å². The first-order chi connectivity index (χ1) is 14.2. The molecule has 1 saturated heterocycles. The fraction of sp³-hybridized carbons (Fsp3) is 0.368. The van der Waals surface area contributed by atoms with Gasteiger partial charge in [-0.1, -0.05) is 23.2 Å². The fourth-order valence-electron chi connectivity index (χ4n) is 3.01. The van der Waals surface area contributed by atoms with E-state index in [0.29, 0.717) is 33.7 Å². The number of benzene rings is 1. The third-order valence-electron chi connectivity index (χ3n) is 4.63. The molecular formula is C19H21Cl2N3O4S2. The molecule has 162 valence electrons. The number of amides is 2. The molecule has 2 aromatic rings. The number of carbonyl (C=O) groups excluding carboxylic acids is 2. The highest BCUT2D eigenvalue weighted by Gasteiger charge is 2.28. The third kappa shape index (κ3) is 5.53. The van der Waals surface area contributed by atoms with Gasteiger partial charge in [0.15, 0.2) is 0 Å². The number of sulfonamides is 1. The summed E-state index contributed by atoms with van der Waals surface area (Å²) in [6.07, 6.45) is 1.76. The van der Waals surface area contributed by atoms with Crippen LogP contribution >= 0.6 is 34.5 Å². The molecule has 0 spiro atoms. The summed E-state index contributed by atoms with van der Waals surface area (Å²) in [5.74, 6) is -0.668. The maximum Gasteiger partial charge on any atom is 0.252 e. The number of carbonyl (C=O) groups is 2. The van der Waals surface area contributed by atoms with Crippen molar-refractivity contribution < 1.29 is 18.0 Å². The van der Waals surface area contributed by atoms with Crippen molar-refractivity contribution in [3.05, 3.63) is 45.3 Å². The van der Waals surface area contributed by atoms with Crippen molar-refractivity contribution >= 4 is 62.1 Å². The van der Waals surface area contributed by atoms with Gasteiger partial charge in [-0.05, 0) is 43.2 Å². The minimum Gasteiger partial charge on any atom is -0.336 e. The zero-order chi connectivity index (χ0) is 21.9. The second-order valence-electron chi connectivity index (χ2n) is 6.94. The lowest BCUT2D eigenvalue weighted by Crippen LogP contribution is -2.35. The monoisotopic (exact) mass is 489 g/mol. The molecule has 1 aromatic carbocycles. The van der Waals surface area contributed by atoms with E-state index in [2.05, 4.69) is 5.32 Å². The van der Waals surface area contributed by atoms with Crippen LogP contribution in [0.3, 0.4) is 0 Å². The van der Waals surface area contributed by atoms with E-state index in [4.69, 9.17) is 23.2 Å². The average molecular weight is 490 g/mol. The average Bonchev–Trinajstić information content (AvgIpc) is 3.37. The number of nitrogens with one attached hydrogen (secondary N) is 1. The zero-order valence-electron chi connectivity index (χ0n) is 16.2. The zero-order valence-corrected chi connectivity index (χ0v) is 19.4. The van der Waals surface area contributed by atoms with Gasteiger partial charge in [0.05, 0.1) is 23.0 Å². The number of hydrogen-bond acceptors (Lipinski definition) is 5. The Kier molecular flexibility index (Phi) is 7.41. The standard InChI is InChI=1S/C19H21Cl2N3O4S2/c1-23(12-17(25)22-13-4-6-15(20)16(21)10-13)18(26)11-14-5-7-19(29-14)30(27,28)24-8-2-3-9-24/h4-7,10H,2-3,8-9,11-12H2,1H3,(H,22,25). The summed E-state index contributed by atoms with van der Waals surface area (Å²) in [6.45, 7) is 0.916. The highest BCUT2D eigenvalue weighted by atomic mass is 35.5. The number of rotatable bonds is 7. The Hall–Kier alpha value is -1.65. The Bertz CT molecular complexity index is 1050. The maximum atomic E-state index is 12.6. The molecule has 0 bridgehead atoms. The number of thiophene rings is 1. The van der Waals surface area contributed by atoms with Gasteiger partial charge in [0.2, 0.25) is 11.8 Å². The first-order valence-corrected chi connectivity index (χ1v) is 12.3. The quantitative estimate of drug-likeness (QED) is 0.644. The van der Waals surface area contributed by atoms with Crippen molar-refractivity contribution in [2.24, 2.45) is 0 Å². The SMILES string of the molecule is CN(CC(=O)Nc1ccc(Cl)c(Cl)c1)C(=O)Cc1ccc(S(=O)(=O)N2CCCC2)s1. The van der Waals surface area contributed by atoms with Crippen molar-refractivity contribution in [1.29, 1.82) is 0 Å². The normalized spacial score (nSPS) is 14.6. The van der Waals surface area contributed by atoms with Crippen LogP contribution in [0.4, 0.5) is 5.69 Å². The van der Waals surface area contributed by atoms with E-state index >= 15 is 0 Å². The molecule has 2 heterocycles. The van der Waals surface area contributed by atoms with Crippen LogP contribution in [-0.4, -0.2) is 56.1 Å². The summed E-state index contributed by atoms with van der Waals surface area (Å²) >= 11 is 12.9. The Morgan fingerprint density at radius 1 is 1.13 bits per heavy atom. The van der Waals surface area contributed by atoms with Gasteiger partial charge < -0.3 is 10.2 Å². The minimum absolute atomic E-state index is 0.0245. The predicted molar refractivity (Wildman–Crippen MR) is 119 cm³/mol. The molecule has 0 aliphatic carbocycles. The van der Waals surface area contributed by atoms with Crippen LogP contribution in [0.25, 0.3) is 0 Å². The molecule has 1 fully saturated rings. The molecule has 0 radical (unpaired) electrons. The first-order valence-electron chi connectivity index (χ1n) is 9.24. The number of hydrogen-bond donors (Lipinski definition) is 1. The molecule has 1 N–H and O–H groups in total. The molecule has 30 heavy (non-hydrogen) atoms. The van der Waals surface area contributed by atoms with Gasteiger partial charge in [0.1, 0.15) is 4.21 Å². The van der Waals surface area contributed by atoms with E-state index in [0.717, 1.165) is 24.2 Å². The summed E-state index contributed by atoms with van der Waals surface area (Å²) in [7, 11) is -1.97. The van der Waals surface area contributed by atoms with Crippen LogP contribution in [-0.2, 0) is 26.0 Å². The Labute approximate surface area is 189 Å². The van der Waals surface area contributed by atoms with E-state index in [-0.39, 0.29) is 29.0 Å². The number of anilines is 1. The second-order valence-corrected chi connectivity index (χ2v) is 11.1. The highest BCUT2D eigenvalue weighted by molar-refractivity contribution is 7.91. The largest absolute Gasteiger partial charge is 0.336 e. The van der Waals surface area contributed by atoms with Gasteiger partial charge in [0, 0.05) is 30.7 Å². The van der Waals surface area contributed by atoms with Gasteiger partial charge in [-0.3, -0.25) is 9.59 Å². The lowest BCUT2D eigenvalue weighted by Gasteiger charge is -2.16. The molecule has 1 aliphatic heterocycles. The van der Waals surface area contributed by atoms with Crippen LogP contribution in [0, 0.1) is 0 Å². The first kappa shape index (κ1) is 23.0. The Balaban J connectivity index is 1.56. The number of likely N-dealkylation sites (N-methyl/N-ethyl adjacent to an activating group) is 1. The summed E-state index contributed by atoms with van der Waals surface area (Å²) < 4.78 is 26.9. The van der Waals surface area contributed by atoms with Crippen molar-refractivity contribution in [3.8, 4) is 0 Å². The lowest BCUT2D eigenvalue weighted by molar-refractivity contribution is -0.132. The van der Waals surface area contributed by atoms with Crippen molar-refractivity contribution in [2.75, 3.05) is 32.0 Å². The number of nitrogens with zero attached hydrogens (tertiary/aromatic N) is 2. The van der Waals surface area contributed by atoms with Gasteiger partial charge in [-0.15, -0.1) is 11.3 Å². The van der Waals surface area contributed by atoms with Gasteiger partial charge in [-0.2, -0.15) is 4.31 Å². The molecule has 0 unspecified atom stereocenters. The molecule has 2 amide bonds. The van der Waals surface area contributed by atoms with Crippen LogP contribution < -0.4 is 5.32 Å². The van der Waals surface area contributed by atoms with Gasteiger partial charge in [-0.25, -0.2) is 8.42 Å². The van der Waals surface area contributed by atoms with Crippen LogP contribution in [0.15, 0.2) is 34.5 Å². The van der Waals surface area contributed by atoms with Crippen molar-refractivity contribution in [1.82, 2.24) is 9.21 Å². The van der Waals surface area contributed by atoms with E-state index < -0.39 is 10.0 Å². The van der Waals surface area contributed by atoms with Gasteiger partial charge >= 0.3 is 0 Å².